The Bertz CT molecular complexity index is 550. The summed E-state index contributed by atoms with van der Waals surface area (Å²) in [4.78, 5) is 0. The first-order valence-electron chi connectivity index (χ1n) is 6.30. The summed E-state index contributed by atoms with van der Waals surface area (Å²) in [5.41, 5.74) is -7.10. The first kappa shape index (κ1) is 19.6. The molecule has 1 aromatic carbocycles. The normalized spacial score (nSPS) is 14.9. The highest BCUT2D eigenvalue weighted by atomic mass is 19.4. The van der Waals surface area contributed by atoms with E-state index in [1.807, 2.05) is 0 Å². The smallest absolute Gasteiger partial charge is 0.313 e. The van der Waals surface area contributed by atoms with Gasteiger partial charge in [-0.2, -0.15) is 39.5 Å². The Morgan fingerprint density at radius 1 is 0.783 bits per heavy atom. The summed E-state index contributed by atoms with van der Waals surface area (Å²) in [6.07, 6.45) is -16.3. The Kier molecular flexibility index (Phi) is 5.30. The zero-order valence-corrected chi connectivity index (χ0v) is 11.8. The molecule has 0 amide bonds. The predicted octanol–water partition coefficient (Wildman–Crippen LogP) is 5.41. The number of benzene rings is 1. The SMILES string of the molecule is CCC(NC)c1cc(C(F)(F)F)c(C(F)(F)F)cc1C(F)(F)F. The van der Waals surface area contributed by atoms with Gasteiger partial charge in [0.25, 0.3) is 0 Å². The van der Waals surface area contributed by atoms with Gasteiger partial charge in [0.2, 0.25) is 0 Å². The minimum Gasteiger partial charge on any atom is -0.313 e. The number of rotatable bonds is 3. The van der Waals surface area contributed by atoms with E-state index in [-0.39, 0.29) is 12.5 Å². The average Bonchev–Trinajstić information content (AvgIpc) is 2.36. The molecule has 23 heavy (non-hydrogen) atoms. The van der Waals surface area contributed by atoms with Crippen LogP contribution in [0.1, 0.15) is 41.6 Å². The number of hydrogen-bond donors (Lipinski definition) is 1. The summed E-state index contributed by atoms with van der Waals surface area (Å²) >= 11 is 0. The van der Waals surface area contributed by atoms with E-state index in [1.54, 1.807) is 0 Å². The second-order valence-electron chi connectivity index (χ2n) is 4.73. The third-order valence-electron chi connectivity index (χ3n) is 3.24. The van der Waals surface area contributed by atoms with Crippen LogP contribution >= 0.6 is 0 Å². The van der Waals surface area contributed by atoms with Crippen molar-refractivity contribution in [3.63, 3.8) is 0 Å². The number of hydrogen-bond acceptors (Lipinski definition) is 1. The van der Waals surface area contributed by atoms with Crippen LogP contribution in [0.15, 0.2) is 12.1 Å². The Morgan fingerprint density at radius 2 is 1.17 bits per heavy atom. The van der Waals surface area contributed by atoms with Gasteiger partial charge in [-0.25, -0.2) is 0 Å². The summed E-state index contributed by atoms with van der Waals surface area (Å²) in [6, 6.07) is -1.72. The van der Waals surface area contributed by atoms with Crippen LogP contribution in [-0.2, 0) is 18.5 Å². The molecule has 1 rings (SSSR count). The van der Waals surface area contributed by atoms with E-state index < -0.39 is 52.9 Å². The summed E-state index contributed by atoms with van der Waals surface area (Å²) in [7, 11) is 1.21. The van der Waals surface area contributed by atoms with E-state index in [4.69, 9.17) is 0 Å². The Balaban J connectivity index is 3.83. The molecule has 0 saturated heterocycles. The largest absolute Gasteiger partial charge is 0.417 e. The Labute approximate surface area is 125 Å². The monoisotopic (exact) mass is 353 g/mol. The van der Waals surface area contributed by atoms with Crippen molar-refractivity contribution in [1.29, 1.82) is 0 Å². The average molecular weight is 353 g/mol. The van der Waals surface area contributed by atoms with Gasteiger partial charge in [0, 0.05) is 6.04 Å². The lowest BCUT2D eigenvalue weighted by molar-refractivity contribution is -0.163. The molecule has 132 valence electrons. The third-order valence-corrected chi connectivity index (χ3v) is 3.24. The minimum atomic E-state index is -5.56. The van der Waals surface area contributed by atoms with Crippen molar-refractivity contribution in [1.82, 2.24) is 5.32 Å². The maximum Gasteiger partial charge on any atom is 0.417 e. The van der Waals surface area contributed by atoms with E-state index in [0.717, 1.165) is 0 Å². The predicted molar refractivity (Wildman–Crippen MR) is 63.5 cm³/mol. The fourth-order valence-corrected chi connectivity index (χ4v) is 2.20. The molecule has 0 spiro atoms. The van der Waals surface area contributed by atoms with Gasteiger partial charge in [0.05, 0.1) is 16.7 Å². The van der Waals surface area contributed by atoms with Gasteiger partial charge in [-0.05, 0) is 31.2 Å². The van der Waals surface area contributed by atoms with Gasteiger partial charge >= 0.3 is 18.5 Å². The number of alkyl halides is 9. The van der Waals surface area contributed by atoms with Gasteiger partial charge in [0.1, 0.15) is 0 Å². The van der Waals surface area contributed by atoms with E-state index in [1.165, 1.54) is 14.0 Å². The molecule has 0 aliphatic carbocycles. The fraction of sp³-hybridized carbons (Fsp3) is 0.538. The lowest BCUT2D eigenvalue weighted by atomic mass is 9.92. The van der Waals surface area contributed by atoms with Gasteiger partial charge in [-0.15, -0.1) is 0 Å². The molecular formula is C13H12F9N. The highest BCUT2D eigenvalue weighted by Crippen LogP contribution is 2.45. The van der Waals surface area contributed by atoms with E-state index in [2.05, 4.69) is 5.32 Å². The van der Waals surface area contributed by atoms with Crippen molar-refractivity contribution >= 4 is 0 Å². The molecule has 0 bridgehead atoms. The minimum absolute atomic E-state index is 0.0394. The molecule has 1 aromatic rings. The second kappa shape index (κ2) is 6.21. The topological polar surface area (TPSA) is 12.0 Å². The Hall–Kier alpha value is -1.45. The van der Waals surface area contributed by atoms with Crippen molar-refractivity contribution in [2.75, 3.05) is 7.05 Å². The molecular weight excluding hydrogens is 341 g/mol. The summed E-state index contributed by atoms with van der Waals surface area (Å²) in [5, 5.41) is 2.37. The number of nitrogens with one attached hydrogen (secondary N) is 1. The van der Waals surface area contributed by atoms with Crippen molar-refractivity contribution in [3.05, 3.63) is 34.4 Å². The molecule has 0 aromatic heterocycles. The van der Waals surface area contributed by atoms with Crippen LogP contribution in [0.4, 0.5) is 39.5 Å². The molecule has 0 saturated carbocycles. The molecule has 1 atom stereocenters. The van der Waals surface area contributed by atoms with E-state index in [9.17, 15) is 39.5 Å². The van der Waals surface area contributed by atoms with Gasteiger partial charge in [0.15, 0.2) is 0 Å². The first-order chi connectivity index (χ1) is 10.2. The molecule has 0 heterocycles. The van der Waals surface area contributed by atoms with Crippen LogP contribution in [0.3, 0.4) is 0 Å². The lowest BCUT2D eigenvalue weighted by Gasteiger charge is -2.24. The second-order valence-corrected chi connectivity index (χ2v) is 4.73. The summed E-state index contributed by atoms with van der Waals surface area (Å²) in [6.45, 7) is 1.40. The molecule has 0 radical (unpaired) electrons. The van der Waals surface area contributed by atoms with Crippen LogP contribution in [0, 0.1) is 0 Å². The zero-order valence-electron chi connectivity index (χ0n) is 11.8. The van der Waals surface area contributed by atoms with Crippen molar-refractivity contribution in [2.24, 2.45) is 0 Å². The molecule has 0 aliphatic heterocycles. The van der Waals surface area contributed by atoms with Gasteiger partial charge in [-0.1, -0.05) is 6.92 Å². The van der Waals surface area contributed by atoms with Crippen LogP contribution in [-0.4, -0.2) is 7.05 Å². The molecule has 1 N–H and O–H groups in total. The van der Waals surface area contributed by atoms with Crippen LogP contribution in [0.5, 0.6) is 0 Å². The fourth-order valence-electron chi connectivity index (χ4n) is 2.20. The quantitative estimate of drug-likeness (QED) is 0.716. The highest BCUT2D eigenvalue weighted by molar-refractivity contribution is 5.44. The molecule has 0 aliphatic rings. The number of halogens is 9. The molecule has 1 nitrogen and oxygen atoms in total. The van der Waals surface area contributed by atoms with Crippen molar-refractivity contribution in [2.45, 2.75) is 37.9 Å². The zero-order chi connectivity index (χ0) is 18.2. The Morgan fingerprint density at radius 3 is 1.48 bits per heavy atom. The van der Waals surface area contributed by atoms with Gasteiger partial charge in [-0.3, -0.25) is 0 Å². The van der Waals surface area contributed by atoms with E-state index in [0.29, 0.717) is 0 Å². The van der Waals surface area contributed by atoms with Crippen molar-refractivity contribution in [3.8, 4) is 0 Å². The summed E-state index contributed by atoms with van der Waals surface area (Å²) < 4.78 is 116. The maximum atomic E-state index is 13.0. The van der Waals surface area contributed by atoms with Gasteiger partial charge < -0.3 is 5.32 Å². The molecule has 10 heteroatoms. The third kappa shape index (κ3) is 4.30. The van der Waals surface area contributed by atoms with E-state index >= 15 is 0 Å². The maximum absolute atomic E-state index is 13.0. The lowest BCUT2D eigenvalue weighted by Crippen LogP contribution is -2.25. The highest BCUT2D eigenvalue weighted by Gasteiger charge is 2.46. The van der Waals surface area contributed by atoms with Crippen LogP contribution < -0.4 is 5.32 Å². The first-order valence-corrected chi connectivity index (χ1v) is 6.30. The van der Waals surface area contributed by atoms with Crippen LogP contribution in [0.2, 0.25) is 0 Å². The van der Waals surface area contributed by atoms with Crippen LogP contribution in [0.25, 0.3) is 0 Å². The summed E-state index contributed by atoms with van der Waals surface area (Å²) in [5.74, 6) is 0. The molecule has 1 unspecified atom stereocenters. The van der Waals surface area contributed by atoms with Crippen molar-refractivity contribution < 1.29 is 39.5 Å². The molecule has 0 fully saturated rings. The standard InChI is InChI=1S/C13H12F9N/c1-3-10(23-2)6-4-8(12(17,18)19)9(13(20,21)22)5-7(6)11(14,15)16/h4-5,10,23H,3H2,1-2H3.